The van der Waals surface area contributed by atoms with Gasteiger partial charge in [0, 0.05) is 30.4 Å². The number of esters is 1. The highest BCUT2D eigenvalue weighted by atomic mass is 19.1. The number of carbonyl (C=O) groups is 1. The van der Waals surface area contributed by atoms with Crippen LogP contribution in [0.2, 0.25) is 0 Å². The maximum Gasteiger partial charge on any atom is 0.341 e. The minimum Gasteiger partial charge on any atom is -0.465 e. The van der Waals surface area contributed by atoms with Crippen LogP contribution in [-0.4, -0.2) is 22.6 Å². The molecule has 0 atom stereocenters. The van der Waals surface area contributed by atoms with Crippen LogP contribution in [0.5, 0.6) is 0 Å². The second kappa shape index (κ2) is 8.07. The van der Waals surface area contributed by atoms with Crippen LogP contribution in [0.1, 0.15) is 40.2 Å². The molecule has 162 valence electrons. The van der Waals surface area contributed by atoms with Gasteiger partial charge in [-0.1, -0.05) is 30.3 Å². The Hall–Kier alpha value is -3.74. The van der Waals surface area contributed by atoms with Gasteiger partial charge in [-0.2, -0.15) is 0 Å². The summed E-state index contributed by atoms with van der Waals surface area (Å²) < 4.78 is 37.0. The minimum atomic E-state index is -0.771. The lowest BCUT2D eigenvalue weighted by Gasteiger charge is -2.14. The van der Waals surface area contributed by atoms with Crippen LogP contribution >= 0.6 is 0 Å². The number of nitrogens with zero attached hydrogens (tertiary/aromatic N) is 2. The van der Waals surface area contributed by atoms with Gasteiger partial charge in [0.1, 0.15) is 17.1 Å². The number of hydrogen-bond acceptors (Lipinski definition) is 4. The first kappa shape index (κ1) is 20.2. The van der Waals surface area contributed by atoms with E-state index in [0.717, 1.165) is 24.0 Å². The van der Waals surface area contributed by atoms with Gasteiger partial charge in [-0.05, 0) is 42.0 Å². The Balaban J connectivity index is 1.52. The lowest BCUT2D eigenvalue weighted by molar-refractivity contribution is 0.0601. The number of hydrogen-bond donors (Lipinski definition) is 1. The summed E-state index contributed by atoms with van der Waals surface area (Å²) in [5, 5.41) is 2.97. The summed E-state index contributed by atoms with van der Waals surface area (Å²) in [5.74, 6) is -1.70. The zero-order chi connectivity index (χ0) is 22.2. The molecule has 5 nitrogen and oxygen atoms in total. The Bertz CT molecular complexity index is 1310. The summed E-state index contributed by atoms with van der Waals surface area (Å²) in [6, 6.07) is 14.3. The molecular weight excluding hydrogens is 412 g/mol. The van der Waals surface area contributed by atoms with Gasteiger partial charge in [-0.25, -0.2) is 18.6 Å². The average molecular weight is 433 g/mol. The minimum absolute atomic E-state index is 0.0575. The van der Waals surface area contributed by atoms with Gasteiger partial charge in [0.25, 0.3) is 0 Å². The molecule has 1 saturated carbocycles. The van der Waals surface area contributed by atoms with Crippen LogP contribution in [0.15, 0.2) is 60.9 Å². The van der Waals surface area contributed by atoms with E-state index in [1.54, 1.807) is 29.1 Å². The number of anilines is 2. The van der Waals surface area contributed by atoms with E-state index in [2.05, 4.69) is 10.3 Å². The zero-order valence-corrected chi connectivity index (χ0v) is 17.4. The largest absolute Gasteiger partial charge is 0.465 e. The molecule has 0 aliphatic heterocycles. The fourth-order valence-electron chi connectivity index (χ4n) is 3.90. The van der Waals surface area contributed by atoms with Gasteiger partial charge in [0.2, 0.25) is 0 Å². The van der Waals surface area contributed by atoms with Crippen molar-refractivity contribution in [2.24, 2.45) is 0 Å². The quantitative estimate of drug-likeness (QED) is 0.392. The van der Waals surface area contributed by atoms with Crippen molar-refractivity contribution in [1.29, 1.82) is 0 Å². The summed E-state index contributed by atoms with van der Waals surface area (Å²) in [4.78, 5) is 16.6. The first-order valence-corrected chi connectivity index (χ1v) is 10.4. The van der Waals surface area contributed by atoms with Crippen LogP contribution in [0, 0.1) is 11.6 Å². The molecule has 0 amide bonds. The van der Waals surface area contributed by atoms with Crippen molar-refractivity contribution < 1.29 is 18.3 Å². The molecule has 1 aliphatic rings. The fraction of sp³-hybridized carbons (Fsp3) is 0.200. The lowest BCUT2D eigenvalue weighted by atomic mass is 10.1. The van der Waals surface area contributed by atoms with Crippen molar-refractivity contribution in [3.05, 3.63) is 89.2 Å². The van der Waals surface area contributed by atoms with Crippen LogP contribution in [-0.2, 0) is 11.3 Å². The van der Waals surface area contributed by atoms with Gasteiger partial charge < -0.3 is 14.6 Å². The number of fused-ring (bicyclic) bond motifs is 1. The predicted molar refractivity (Wildman–Crippen MR) is 118 cm³/mol. The zero-order valence-electron chi connectivity index (χ0n) is 17.4. The number of aromatic nitrogens is 2. The summed E-state index contributed by atoms with van der Waals surface area (Å²) in [6.45, 7) is 0.493. The van der Waals surface area contributed by atoms with Gasteiger partial charge in [0.05, 0.1) is 12.6 Å². The third-order valence-electron chi connectivity index (χ3n) is 5.77. The standard InChI is InChI=1S/C25H21F2N3O2/c1-32-25(31)19-11-17(16-7-8-16)13-28-24(19)29-23-20(26)12-21-18(22(23)27)9-10-30(21)14-15-5-3-2-4-6-15/h2-6,9-13,16H,7-8,14H2,1H3,(H,28,29). The van der Waals surface area contributed by atoms with Crippen molar-refractivity contribution in [2.75, 3.05) is 12.4 Å². The van der Waals surface area contributed by atoms with Gasteiger partial charge in [0.15, 0.2) is 11.6 Å². The van der Waals surface area contributed by atoms with Gasteiger partial charge in [-0.15, -0.1) is 0 Å². The summed E-state index contributed by atoms with van der Waals surface area (Å²) >= 11 is 0. The molecule has 2 aromatic heterocycles. The molecule has 0 radical (unpaired) electrons. The van der Waals surface area contributed by atoms with Crippen LogP contribution < -0.4 is 5.32 Å². The molecule has 1 fully saturated rings. The third kappa shape index (κ3) is 3.70. The normalized spacial score (nSPS) is 13.3. The van der Waals surface area contributed by atoms with E-state index in [-0.39, 0.29) is 22.5 Å². The highest BCUT2D eigenvalue weighted by Gasteiger charge is 2.27. The number of carbonyl (C=O) groups excluding carboxylic acids is 1. The van der Waals surface area contributed by atoms with Crippen molar-refractivity contribution in [1.82, 2.24) is 9.55 Å². The monoisotopic (exact) mass is 433 g/mol. The SMILES string of the molecule is COC(=O)c1cc(C2CC2)cnc1Nc1c(F)cc2c(ccn2Cc2ccccc2)c1F. The number of benzene rings is 2. The van der Waals surface area contributed by atoms with E-state index in [9.17, 15) is 4.79 Å². The molecule has 0 unspecified atom stereocenters. The molecule has 7 heteroatoms. The Labute approximate surface area is 183 Å². The predicted octanol–water partition coefficient (Wildman–Crippen LogP) is 5.77. The Kier molecular flexibility index (Phi) is 5.09. The average Bonchev–Trinajstić information content (AvgIpc) is 3.59. The van der Waals surface area contributed by atoms with Gasteiger partial charge in [-0.3, -0.25) is 0 Å². The van der Waals surface area contributed by atoms with E-state index in [4.69, 9.17) is 4.74 Å². The molecular formula is C25H21F2N3O2. The molecule has 2 aromatic carbocycles. The van der Waals surface area contributed by atoms with E-state index in [1.165, 1.54) is 13.2 Å². The maximum atomic E-state index is 15.3. The van der Waals surface area contributed by atoms with E-state index in [1.807, 2.05) is 30.3 Å². The lowest BCUT2D eigenvalue weighted by Crippen LogP contribution is -2.10. The summed E-state index contributed by atoms with van der Waals surface area (Å²) in [5.41, 5.74) is 2.19. The van der Waals surface area contributed by atoms with E-state index in [0.29, 0.717) is 18.0 Å². The molecule has 0 spiro atoms. The molecule has 32 heavy (non-hydrogen) atoms. The molecule has 1 aliphatic carbocycles. The molecule has 5 rings (SSSR count). The molecule has 4 aromatic rings. The summed E-state index contributed by atoms with van der Waals surface area (Å²) in [7, 11) is 1.26. The van der Waals surface area contributed by atoms with E-state index >= 15 is 8.78 Å². The fourth-order valence-corrected chi connectivity index (χ4v) is 3.90. The van der Waals surface area contributed by atoms with E-state index < -0.39 is 17.6 Å². The number of halogens is 2. The number of rotatable bonds is 6. The number of pyridine rings is 1. The Morgan fingerprint density at radius 1 is 1.19 bits per heavy atom. The third-order valence-corrected chi connectivity index (χ3v) is 5.77. The van der Waals surface area contributed by atoms with Crippen molar-refractivity contribution in [3.63, 3.8) is 0 Å². The number of ether oxygens (including phenoxy) is 1. The number of methoxy groups -OCH3 is 1. The summed E-state index contributed by atoms with van der Waals surface area (Å²) in [6.07, 6.45) is 5.44. The van der Waals surface area contributed by atoms with Crippen LogP contribution in [0.4, 0.5) is 20.3 Å². The first-order valence-electron chi connectivity index (χ1n) is 10.4. The first-order chi connectivity index (χ1) is 15.5. The van der Waals surface area contributed by atoms with Gasteiger partial charge >= 0.3 is 5.97 Å². The highest BCUT2D eigenvalue weighted by molar-refractivity contribution is 5.96. The number of nitrogens with one attached hydrogen (secondary N) is 1. The van der Waals surface area contributed by atoms with Crippen molar-refractivity contribution in [3.8, 4) is 0 Å². The van der Waals surface area contributed by atoms with Crippen molar-refractivity contribution in [2.45, 2.75) is 25.3 Å². The topological polar surface area (TPSA) is 56.1 Å². The second-order valence-corrected chi connectivity index (χ2v) is 7.97. The Morgan fingerprint density at radius 2 is 1.97 bits per heavy atom. The van der Waals surface area contributed by atoms with Crippen LogP contribution in [0.25, 0.3) is 10.9 Å². The second-order valence-electron chi connectivity index (χ2n) is 7.97. The molecule has 0 saturated heterocycles. The Morgan fingerprint density at radius 3 is 2.69 bits per heavy atom. The molecule has 0 bridgehead atoms. The molecule has 2 heterocycles. The molecule has 1 N–H and O–H groups in total. The maximum absolute atomic E-state index is 15.3. The highest BCUT2D eigenvalue weighted by Crippen LogP contribution is 2.41. The van der Waals surface area contributed by atoms with Crippen molar-refractivity contribution >= 4 is 28.4 Å². The van der Waals surface area contributed by atoms with Crippen LogP contribution in [0.3, 0.4) is 0 Å². The smallest absolute Gasteiger partial charge is 0.341 e.